The van der Waals surface area contributed by atoms with E-state index in [1.54, 1.807) is 6.07 Å². The number of anilines is 1. The van der Waals surface area contributed by atoms with Crippen LogP contribution >= 0.6 is 23.4 Å². The van der Waals surface area contributed by atoms with Crippen LogP contribution in [0, 0.1) is 0 Å². The van der Waals surface area contributed by atoms with Gasteiger partial charge < -0.3 is 10.1 Å². The number of hydrogen-bond acceptors (Lipinski definition) is 5. The summed E-state index contributed by atoms with van der Waals surface area (Å²) in [5.41, 5.74) is 0. The summed E-state index contributed by atoms with van der Waals surface area (Å²) in [7, 11) is 0. The molecule has 1 aromatic rings. The van der Waals surface area contributed by atoms with E-state index in [9.17, 15) is 0 Å². The van der Waals surface area contributed by atoms with Crippen molar-refractivity contribution in [1.82, 2.24) is 9.97 Å². The Morgan fingerprint density at radius 3 is 3.12 bits per heavy atom. The molecule has 1 aliphatic heterocycles. The minimum Gasteiger partial charge on any atom is -0.379 e. The maximum absolute atomic E-state index is 5.91. The summed E-state index contributed by atoms with van der Waals surface area (Å²) in [4.78, 5) is 8.44. The molecule has 0 radical (unpaired) electrons. The number of halogens is 1. The van der Waals surface area contributed by atoms with Gasteiger partial charge in [-0.1, -0.05) is 23.4 Å². The van der Waals surface area contributed by atoms with E-state index in [1.807, 2.05) is 6.26 Å². The molecule has 0 aliphatic carbocycles. The first kappa shape index (κ1) is 12.0. The molecule has 1 aromatic heterocycles. The summed E-state index contributed by atoms with van der Waals surface area (Å²) >= 11 is 7.39. The number of nitrogens with one attached hydrogen (secondary N) is 1. The van der Waals surface area contributed by atoms with Crippen LogP contribution in [0.4, 0.5) is 5.82 Å². The fourth-order valence-electron chi connectivity index (χ4n) is 1.63. The lowest BCUT2D eigenvalue weighted by Gasteiger charge is -2.23. The highest BCUT2D eigenvalue weighted by Crippen LogP contribution is 2.19. The Kier molecular flexibility index (Phi) is 4.26. The van der Waals surface area contributed by atoms with E-state index in [1.165, 1.54) is 11.8 Å². The molecule has 1 atom stereocenters. The van der Waals surface area contributed by atoms with Crippen LogP contribution in [0.1, 0.15) is 12.8 Å². The van der Waals surface area contributed by atoms with Gasteiger partial charge in [0.05, 0.1) is 12.6 Å². The highest BCUT2D eigenvalue weighted by molar-refractivity contribution is 7.98. The third-order valence-corrected chi connectivity index (χ3v) is 3.11. The van der Waals surface area contributed by atoms with Crippen LogP contribution in [0.5, 0.6) is 0 Å². The first-order chi connectivity index (χ1) is 7.78. The molecular formula is C10H14ClN3OS. The minimum atomic E-state index is 0.328. The van der Waals surface area contributed by atoms with Gasteiger partial charge in [-0.25, -0.2) is 9.97 Å². The van der Waals surface area contributed by atoms with Crippen molar-refractivity contribution in [2.75, 3.05) is 24.8 Å². The Morgan fingerprint density at radius 2 is 2.44 bits per heavy atom. The lowest BCUT2D eigenvalue weighted by atomic mass is 10.1. The lowest BCUT2D eigenvalue weighted by molar-refractivity contribution is 0.0875. The van der Waals surface area contributed by atoms with E-state index >= 15 is 0 Å². The molecule has 1 fully saturated rings. The van der Waals surface area contributed by atoms with Gasteiger partial charge in [-0.2, -0.15) is 0 Å². The van der Waals surface area contributed by atoms with Gasteiger partial charge in [-0.05, 0) is 19.1 Å². The van der Waals surface area contributed by atoms with Crippen LogP contribution in [0.3, 0.4) is 0 Å². The molecule has 0 bridgehead atoms. The summed E-state index contributed by atoms with van der Waals surface area (Å²) in [5.74, 6) is 0.778. The first-order valence-corrected chi connectivity index (χ1v) is 6.81. The van der Waals surface area contributed by atoms with E-state index < -0.39 is 0 Å². The molecule has 1 aliphatic rings. The fourth-order valence-corrected chi connectivity index (χ4v) is 2.24. The molecule has 1 unspecified atom stereocenters. The molecule has 4 nitrogen and oxygen atoms in total. The van der Waals surface area contributed by atoms with Crippen LogP contribution in [0.25, 0.3) is 0 Å². The van der Waals surface area contributed by atoms with Gasteiger partial charge in [0.2, 0.25) is 0 Å². The molecule has 0 spiro atoms. The van der Waals surface area contributed by atoms with Crippen molar-refractivity contribution in [3.05, 3.63) is 11.2 Å². The summed E-state index contributed by atoms with van der Waals surface area (Å²) < 4.78 is 5.40. The molecule has 2 rings (SSSR count). The second-order valence-corrected chi connectivity index (χ2v) is 4.78. The van der Waals surface area contributed by atoms with Crippen LogP contribution < -0.4 is 5.32 Å². The number of thioether (sulfide) groups is 1. The molecule has 0 saturated carbocycles. The van der Waals surface area contributed by atoms with Crippen molar-refractivity contribution in [2.45, 2.75) is 24.0 Å². The predicted molar refractivity (Wildman–Crippen MR) is 66.3 cm³/mol. The third kappa shape index (κ3) is 3.23. The van der Waals surface area contributed by atoms with E-state index in [0.717, 1.165) is 31.9 Å². The van der Waals surface area contributed by atoms with Gasteiger partial charge in [-0.3, -0.25) is 0 Å². The third-order valence-electron chi connectivity index (χ3n) is 2.37. The van der Waals surface area contributed by atoms with Crippen molar-refractivity contribution < 1.29 is 4.74 Å². The van der Waals surface area contributed by atoms with Crippen molar-refractivity contribution in [1.29, 1.82) is 0 Å². The molecule has 6 heteroatoms. The number of rotatable bonds is 3. The highest BCUT2D eigenvalue weighted by Gasteiger charge is 2.14. The predicted octanol–water partition coefficient (Wildman–Crippen LogP) is 2.44. The summed E-state index contributed by atoms with van der Waals surface area (Å²) in [6.45, 7) is 1.59. The van der Waals surface area contributed by atoms with E-state index in [0.29, 0.717) is 16.4 Å². The largest absolute Gasteiger partial charge is 0.379 e. The van der Waals surface area contributed by atoms with Crippen molar-refractivity contribution in [3.63, 3.8) is 0 Å². The molecule has 2 heterocycles. The highest BCUT2D eigenvalue weighted by atomic mass is 35.5. The average molecular weight is 260 g/mol. The zero-order valence-electron chi connectivity index (χ0n) is 9.07. The van der Waals surface area contributed by atoms with Crippen LogP contribution in [-0.4, -0.2) is 35.5 Å². The van der Waals surface area contributed by atoms with E-state index in [4.69, 9.17) is 16.3 Å². The Bertz CT molecular complexity index is 358. The molecule has 0 aromatic carbocycles. The van der Waals surface area contributed by atoms with Crippen LogP contribution in [0.15, 0.2) is 11.2 Å². The maximum Gasteiger partial charge on any atom is 0.190 e. The molecule has 16 heavy (non-hydrogen) atoms. The topological polar surface area (TPSA) is 47.0 Å². The maximum atomic E-state index is 5.91. The Morgan fingerprint density at radius 1 is 1.56 bits per heavy atom. The quantitative estimate of drug-likeness (QED) is 0.513. The summed E-state index contributed by atoms with van der Waals surface area (Å²) in [5, 5.41) is 4.48. The van der Waals surface area contributed by atoms with Crippen LogP contribution in [0.2, 0.25) is 5.15 Å². The number of ether oxygens (including phenoxy) is 1. The molecule has 1 saturated heterocycles. The Balaban J connectivity index is 2.04. The standard InChI is InChI=1S/C10H14ClN3OS/c1-16-10-13-8(11)5-9(14-10)12-7-3-2-4-15-6-7/h5,7H,2-4,6H2,1H3,(H,12,13,14). The summed E-state index contributed by atoms with van der Waals surface area (Å²) in [6.07, 6.45) is 4.13. The van der Waals surface area contributed by atoms with E-state index in [-0.39, 0.29) is 0 Å². The molecule has 88 valence electrons. The van der Waals surface area contributed by atoms with Crippen molar-refractivity contribution >= 4 is 29.2 Å². The number of nitrogens with zero attached hydrogens (tertiary/aromatic N) is 2. The molecule has 1 N–H and O–H groups in total. The van der Waals surface area contributed by atoms with Gasteiger partial charge in [-0.15, -0.1) is 0 Å². The summed E-state index contributed by atoms with van der Waals surface area (Å²) in [6, 6.07) is 2.07. The monoisotopic (exact) mass is 259 g/mol. The molecule has 0 amide bonds. The van der Waals surface area contributed by atoms with Gasteiger partial charge in [0.25, 0.3) is 0 Å². The zero-order valence-corrected chi connectivity index (χ0v) is 10.6. The smallest absolute Gasteiger partial charge is 0.190 e. The SMILES string of the molecule is CSc1nc(Cl)cc(NC2CCCOC2)n1. The number of aromatic nitrogens is 2. The first-order valence-electron chi connectivity index (χ1n) is 5.21. The zero-order chi connectivity index (χ0) is 11.4. The van der Waals surface area contributed by atoms with Gasteiger partial charge in [0.15, 0.2) is 5.16 Å². The number of hydrogen-bond donors (Lipinski definition) is 1. The average Bonchev–Trinajstić information content (AvgIpc) is 2.29. The molecular weight excluding hydrogens is 246 g/mol. The van der Waals surface area contributed by atoms with Crippen molar-refractivity contribution in [3.8, 4) is 0 Å². The normalized spacial score (nSPS) is 20.8. The van der Waals surface area contributed by atoms with Crippen LogP contribution in [-0.2, 0) is 4.74 Å². The minimum absolute atomic E-state index is 0.328. The Labute approximate surface area is 104 Å². The van der Waals surface area contributed by atoms with Gasteiger partial charge >= 0.3 is 0 Å². The van der Waals surface area contributed by atoms with Gasteiger partial charge in [0.1, 0.15) is 11.0 Å². The van der Waals surface area contributed by atoms with E-state index in [2.05, 4.69) is 15.3 Å². The van der Waals surface area contributed by atoms with Gasteiger partial charge in [0, 0.05) is 12.7 Å². The second kappa shape index (κ2) is 5.70. The lowest BCUT2D eigenvalue weighted by Crippen LogP contribution is -2.30. The van der Waals surface area contributed by atoms with Crippen molar-refractivity contribution in [2.24, 2.45) is 0 Å². The Hall–Kier alpha value is -0.520. The second-order valence-electron chi connectivity index (χ2n) is 3.62. The fraction of sp³-hybridized carbons (Fsp3) is 0.600.